The van der Waals surface area contributed by atoms with Gasteiger partial charge in [-0.3, -0.25) is 0 Å². The van der Waals surface area contributed by atoms with Crippen LogP contribution in [0.25, 0.3) is 0 Å². The fourth-order valence-corrected chi connectivity index (χ4v) is 2.50. The van der Waals surface area contributed by atoms with Crippen LogP contribution < -0.4 is 5.32 Å². The van der Waals surface area contributed by atoms with Crippen LogP contribution in [0.2, 0.25) is 0 Å². The van der Waals surface area contributed by atoms with Crippen LogP contribution >= 0.6 is 0 Å². The van der Waals surface area contributed by atoms with Crippen molar-refractivity contribution in [3.8, 4) is 0 Å². The summed E-state index contributed by atoms with van der Waals surface area (Å²) in [6.45, 7) is 7.92. The highest BCUT2D eigenvalue weighted by Crippen LogP contribution is 2.27. The third-order valence-electron chi connectivity index (χ3n) is 3.42. The molecule has 0 radical (unpaired) electrons. The van der Waals surface area contributed by atoms with Crippen LogP contribution in [0, 0.1) is 5.92 Å². The van der Waals surface area contributed by atoms with Gasteiger partial charge in [0.2, 0.25) is 0 Å². The molecule has 1 aliphatic carbocycles. The molecule has 0 aromatic rings. The highest BCUT2D eigenvalue weighted by atomic mass is 14.9. The van der Waals surface area contributed by atoms with Crippen LogP contribution in [0.5, 0.6) is 0 Å². The lowest BCUT2D eigenvalue weighted by Gasteiger charge is -2.22. The summed E-state index contributed by atoms with van der Waals surface area (Å²) in [5.74, 6) is 1.06. The summed E-state index contributed by atoms with van der Waals surface area (Å²) < 4.78 is 0. The van der Waals surface area contributed by atoms with Crippen LogP contribution in [-0.4, -0.2) is 12.1 Å². The first-order valence-electron chi connectivity index (χ1n) is 6.83. The number of unbranched alkanes of at least 4 members (excludes halogenated alkanes) is 1. The molecule has 1 N–H and O–H groups in total. The second-order valence-electron chi connectivity index (χ2n) is 6.18. The SMILES string of the molecule is CC(C)(C)NCCCCC1CCCCC1. The van der Waals surface area contributed by atoms with Gasteiger partial charge in [0.1, 0.15) is 0 Å². The first kappa shape index (κ1) is 13.0. The number of hydrogen-bond donors (Lipinski definition) is 1. The molecule has 0 heterocycles. The van der Waals surface area contributed by atoms with E-state index in [1.54, 1.807) is 0 Å². The molecule has 1 rings (SSSR count). The maximum atomic E-state index is 3.56. The van der Waals surface area contributed by atoms with Gasteiger partial charge in [0.15, 0.2) is 0 Å². The van der Waals surface area contributed by atoms with Gasteiger partial charge in [-0.2, -0.15) is 0 Å². The monoisotopic (exact) mass is 211 g/mol. The van der Waals surface area contributed by atoms with E-state index < -0.39 is 0 Å². The first-order chi connectivity index (χ1) is 7.08. The van der Waals surface area contributed by atoms with Gasteiger partial charge in [-0.15, -0.1) is 0 Å². The van der Waals surface area contributed by atoms with E-state index in [2.05, 4.69) is 26.1 Å². The molecule has 15 heavy (non-hydrogen) atoms. The molecule has 1 fully saturated rings. The second kappa shape index (κ2) is 6.52. The normalized spacial score (nSPS) is 19.4. The van der Waals surface area contributed by atoms with Gasteiger partial charge in [-0.1, -0.05) is 44.9 Å². The van der Waals surface area contributed by atoms with E-state index in [-0.39, 0.29) is 0 Å². The number of rotatable bonds is 5. The molecule has 90 valence electrons. The zero-order valence-electron chi connectivity index (χ0n) is 10.9. The van der Waals surface area contributed by atoms with E-state index >= 15 is 0 Å². The third-order valence-corrected chi connectivity index (χ3v) is 3.42. The minimum atomic E-state index is 0.296. The maximum absolute atomic E-state index is 3.56. The Balaban J connectivity index is 1.92. The van der Waals surface area contributed by atoms with Crippen molar-refractivity contribution < 1.29 is 0 Å². The van der Waals surface area contributed by atoms with Gasteiger partial charge in [0, 0.05) is 5.54 Å². The molecule has 0 unspecified atom stereocenters. The lowest BCUT2D eigenvalue weighted by atomic mass is 9.86. The lowest BCUT2D eigenvalue weighted by Crippen LogP contribution is -2.36. The van der Waals surface area contributed by atoms with Crippen LogP contribution in [0.15, 0.2) is 0 Å². The van der Waals surface area contributed by atoms with Crippen LogP contribution in [0.1, 0.15) is 72.1 Å². The molecule has 0 aromatic carbocycles. The minimum Gasteiger partial charge on any atom is -0.312 e. The summed E-state index contributed by atoms with van der Waals surface area (Å²) in [5, 5.41) is 3.56. The molecule has 1 aliphatic rings. The molecule has 0 aromatic heterocycles. The Labute approximate surface area is 96.0 Å². The summed E-state index contributed by atoms with van der Waals surface area (Å²) in [6.07, 6.45) is 11.7. The highest BCUT2D eigenvalue weighted by molar-refractivity contribution is 4.70. The van der Waals surface area contributed by atoms with E-state index in [4.69, 9.17) is 0 Å². The van der Waals surface area contributed by atoms with E-state index in [1.807, 2.05) is 0 Å². The topological polar surface area (TPSA) is 12.0 Å². The van der Waals surface area contributed by atoms with Crippen molar-refractivity contribution in [2.24, 2.45) is 5.92 Å². The van der Waals surface area contributed by atoms with Crippen molar-refractivity contribution in [1.29, 1.82) is 0 Å². The quantitative estimate of drug-likeness (QED) is 0.674. The molecule has 0 saturated heterocycles. The van der Waals surface area contributed by atoms with Crippen molar-refractivity contribution in [2.75, 3.05) is 6.54 Å². The Morgan fingerprint density at radius 3 is 2.27 bits per heavy atom. The van der Waals surface area contributed by atoms with Crippen molar-refractivity contribution >= 4 is 0 Å². The van der Waals surface area contributed by atoms with Gasteiger partial charge >= 0.3 is 0 Å². The Kier molecular flexibility index (Phi) is 5.66. The average Bonchev–Trinajstić information content (AvgIpc) is 2.17. The summed E-state index contributed by atoms with van der Waals surface area (Å²) in [6, 6.07) is 0. The summed E-state index contributed by atoms with van der Waals surface area (Å²) >= 11 is 0. The van der Waals surface area contributed by atoms with E-state index in [0.29, 0.717) is 5.54 Å². The third kappa shape index (κ3) is 6.94. The largest absolute Gasteiger partial charge is 0.312 e. The number of hydrogen-bond acceptors (Lipinski definition) is 1. The van der Waals surface area contributed by atoms with Crippen LogP contribution in [-0.2, 0) is 0 Å². The fraction of sp³-hybridized carbons (Fsp3) is 1.00. The van der Waals surface area contributed by atoms with E-state index in [1.165, 1.54) is 57.9 Å². The van der Waals surface area contributed by atoms with Gasteiger partial charge in [-0.25, -0.2) is 0 Å². The molecular formula is C14H29N. The second-order valence-corrected chi connectivity index (χ2v) is 6.18. The Bertz CT molecular complexity index is 151. The predicted molar refractivity (Wildman–Crippen MR) is 68.2 cm³/mol. The van der Waals surface area contributed by atoms with Gasteiger partial charge in [-0.05, 0) is 39.7 Å². The molecule has 0 amide bonds. The lowest BCUT2D eigenvalue weighted by molar-refractivity contribution is 0.325. The zero-order chi connectivity index (χ0) is 11.1. The smallest absolute Gasteiger partial charge is 0.00965 e. The zero-order valence-corrected chi connectivity index (χ0v) is 10.9. The van der Waals surface area contributed by atoms with Gasteiger partial charge in [0.05, 0.1) is 0 Å². The molecule has 0 bridgehead atoms. The molecule has 0 aliphatic heterocycles. The standard InChI is InChI=1S/C14H29N/c1-14(2,3)15-12-8-7-11-13-9-5-4-6-10-13/h13,15H,4-12H2,1-3H3. The molecule has 1 heteroatoms. The summed E-state index contributed by atoms with van der Waals surface area (Å²) in [7, 11) is 0. The van der Waals surface area contributed by atoms with Gasteiger partial charge in [0.25, 0.3) is 0 Å². The van der Waals surface area contributed by atoms with Crippen molar-refractivity contribution in [3.05, 3.63) is 0 Å². The van der Waals surface area contributed by atoms with Crippen LogP contribution in [0.3, 0.4) is 0 Å². The minimum absolute atomic E-state index is 0.296. The van der Waals surface area contributed by atoms with Crippen molar-refractivity contribution in [2.45, 2.75) is 77.7 Å². The summed E-state index contributed by atoms with van der Waals surface area (Å²) in [5.41, 5.74) is 0.296. The van der Waals surface area contributed by atoms with Gasteiger partial charge < -0.3 is 5.32 Å². The van der Waals surface area contributed by atoms with Crippen molar-refractivity contribution in [1.82, 2.24) is 5.32 Å². The number of nitrogens with one attached hydrogen (secondary N) is 1. The van der Waals surface area contributed by atoms with E-state index in [0.717, 1.165) is 5.92 Å². The summed E-state index contributed by atoms with van der Waals surface area (Å²) in [4.78, 5) is 0. The van der Waals surface area contributed by atoms with Crippen LogP contribution in [0.4, 0.5) is 0 Å². The Morgan fingerprint density at radius 1 is 1.00 bits per heavy atom. The molecule has 1 saturated carbocycles. The Hall–Kier alpha value is -0.0400. The predicted octanol–water partition coefficient (Wildman–Crippen LogP) is 4.13. The van der Waals surface area contributed by atoms with E-state index in [9.17, 15) is 0 Å². The first-order valence-corrected chi connectivity index (χ1v) is 6.83. The average molecular weight is 211 g/mol. The molecule has 0 atom stereocenters. The Morgan fingerprint density at radius 2 is 1.67 bits per heavy atom. The highest BCUT2D eigenvalue weighted by Gasteiger charge is 2.13. The fourth-order valence-electron chi connectivity index (χ4n) is 2.50. The molecule has 0 spiro atoms. The maximum Gasteiger partial charge on any atom is 0.00965 e. The molecular weight excluding hydrogens is 182 g/mol. The molecule has 1 nitrogen and oxygen atoms in total. The van der Waals surface area contributed by atoms with Crippen molar-refractivity contribution in [3.63, 3.8) is 0 Å².